The average Bonchev–Trinajstić information content (AvgIpc) is 2.68. The molecule has 0 amide bonds. The summed E-state index contributed by atoms with van der Waals surface area (Å²) in [4.78, 5) is 0. The molecule has 1 aliphatic rings. The highest BCUT2D eigenvalue weighted by molar-refractivity contribution is 8.18. The minimum absolute atomic E-state index is 0.104. The zero-order valence-electron chi connectivity index (χ0n) is 11.0. The number of hydrogen-bond acceptors (Lipinski definition) is 4. The van der Waals surface area contributed by atoms with Crippen molar-refractivity contribution >= 4 is 23.5 Å². The number of hydrogen-bond donors (Lipinski definition) is 0. The van der Waals surface area contributed by atoms with Crippen molar-refractivity contribution in [3.63, 3.8) is 0 Å². The van der Waals surface area contributed by atoms with E-state index in [1.165, 1.54) is 0 Å². The standard InChI is InChI=1S/C12H24O2S2/c1-6-15-12(16-7-2,11(3,4)5)10-8-13-9-14-10/h10H,6-9H2,1-5H3. The van der Waals surface area contributed by atoms with Crippen LogP contribution in [0.1, 0.15) is 34.6 Å². The quantitative estimate of drug-likeness (QED) is 0.706. The highest BCUT2D eigenvalue weighted by atomic mass is 32.2. The molecule has 0 spiro atoms. The topological polar surface area (TPSA) is 18.5 Å². The summed E-state index contributed by atoms with van der Waals surface area (Å²) in [5.74, 6) is 2.23. The van der Waals surface area contributed by atoms with Crippen LogP contribution in [0.4, 0.5) is 0 Å². The first-order valence-electron chi connectivity index (χ1n) is 5.95. The van der Waals surface area contributed by atoms with E-state index in [4.69, 9.17) is 9.47 Å². The van der Waals surface area contributed by atoms with E-state index in [0.29, 0.717) is 6.79 Å². The molecule has 4 heteroatoms. The van der Waals surface area contributed by atoms with Crippen LogP contribution in [0.5, 0.6) is 0 Å². The van der Waals surface area contributed by atoms with Gasteiger partial charge in [0.2, 0.25) is 0 Å². The molecule has 0 aliphatic carbocycles. The first kappa shape index (κ1) is 14.7. The maximum Gasteiger partial charge on any atom is 0.147 e. The lowest BCUT2D eigenvalue weighted by molar-refractivity contribution is 0.0332. The van der Waals surface area contributed by atoms with Crippen molar-refractivity contribution in [3.8, 4) is 0 Å². The van der Waals surface area contributed by atoms with Crippen LogP contribution in [0.25, 0.3) is 0 Å². The van der Waals surface area contributed by atoms with E-state index in [9.17, 15) is 0 Å². The summed E-state index contributed by atoms with van der Waals surface area (Å²) < 4.78 is 11.3. The predicted molar refractivity (Wildman–Crippen MR) is 74.1 cm³/mol. The Morgan fingerprint density at radius 3 is 2.00 bits per heavy atom. The van der Waals surface area contributed by atoms with Gasteiger partial charge in [-0.3, -0.25) is 0 Å². The van der Waals surface area contributed by atoms with Crippen LogP contribution in [0.3, 0.4) is 0 Å². The van der Waals surface area contributed by atoms with Gasteiger partial charge in [0.05, 0.1) is 10.7 Å². The summed E-state index contributed by atoms with van der Waals surface area (Å²) >= 11 is 4.02. The van der Waals surface area contributed by atoms with Crippen LogP contribution in [-0.4, -0.2) is 35.1 Å². The molecule has 0 aromatic carbocycles. The average molecular weight is 264 g/mol. The first-order valence-corrected chi connectivity index (χ1v) is 7.92. The SMILES string of the molecule is CCSC(SCC)(C1COCO1)C(C)(C)C. The highest BCUT2D eigenvalue weighted by Gasteiger charge is 2.50. The van der Waals surface area contributed by atoms with Crippen molar-refractivity contribution in [3.05, 3.63) is 0 Å². The summed E-state index contributed by atoms with van der Waals surface area (Å²) in [6, 6.07) is 0. The van der Waals surface area contributed by atoms with Gasteiger partial charge in [0.1, 0.15) is 12.9 Å². The van der Waals surface area contributed by atoms with Gasteiger partial charge in [0.25, 0.3) is 0 Å². The van der Waals surface area contributed by atoms with Crippen molar-refractivity contribution in [2.75, 3.05) is 24.9 Å². The maximum atomic E-state index is 5.79. The van der Waals surface area contributed by atoms with Crippen LogP contribution in [-0.2, 0) is 9.47 Å². The number of ether oxygens (including phenoxy) is 2. The van der Waals surface area contributed by atoms with E-state index in [-0.39, 0.29) is 15.6 Å². The molecule has 0 aromatic rings. The first-order chi connectivity index (χ1) is 7.48. The van der Waals surface area contributed by atoms with E-state index in [1.54, 1.807) is 0 Å². The molecule has 1 fully saturated rings. The molecule has 96 valence electrons. The van der Waals surface area contributed by atoms with E-state index in [2.05, 4.69) is 34.6 Å². The summed E-state index contributed by atoms with van der Waals surface area (Å²) in [6.07, 6.45) is 0.211. The molecule has 1 aliphatic heterocycles. The number of thioether (sulfide) groups is 2. The van der Waals surface area contributed by atoms with Gasteiger partial charge in [-0.15, -0.1) is 23.5 Å². The van der Waals surface area contributed by atoms with Gasteiger partial charge < -0.3 is 9.47 Å². The zero-order valence-corrected chi connectivity index (χ0v) is 12.7. The van der Waals surface area contributed by atoms with Crippen LogP contribution in [0, 0.1) is 5.41 Å². The predicted octanol–water partition coefficient (Wildman–Crippen LogP) is 3.61. The largest absolute Gasteiger partial charge is 0.353 e. The third kappa shape index (κ3) is 2.89. The Morgan fingerprint density at radius 1 is 1.12 bits per heavy atom. The van der Waals surface area contributed by atoms with Crippen LogP contribution >= 0.6 is 23.5 Å². The molecule has 1 unspecified atom stereocenters. The third-order valence-corrected chi connectivity index (χ3v) is 6.70. The lowest BCUT2D eigenvalue weighted by Gasteiger charge is -2.46. The number of rotatable bonds is 5. The Bertz CT molecular complexity index is 202. The molecule has 0 N–H and O–H groups in total. The minimum atomic E-state index is 0.104. The van der Waals surface area contributed by atoms with Crippen molar-refractivity contribution in [2.45, 2.75) is 44.8 Å². The van der Waals surface area contributed by atoms with Gasteiger partial charge >= 0.3 is 0 Å². The fourth-order valence-corrected chi connectivity index (χ4v) is 5.53. The Morgan fingerprint density at radius 2 is 1.69 bits per heavy atom. The molecule has 1 heterocycles. The fourth-order valence-electron chi connectivity index (χ4n) is 2.13. The van der Waals surface area contributed by atoms with Gasteiger partial charge in [0.15, 0.2) is 0 Å². The molecule has 1 saturated heterocycles. The second kappa shape index (κ2) is 5.98. The lowest BCUT2D eigenvalue weighted by Crippen LogP contribution is -2.48. The molecule has 1 rings (SSSR count). The summed E-state index contributed by atoms with van der Waals surface area (Å²) in [7, 11) is 0. The second-order valence-electron chi connectivity index (χ2n) is 4.93. The van der Waals surface area contributed by atoms with E-state index in [0.717, 1.165) is 18.1 Å². The second-order valence-corrected chi connectivity index (χ2v) is 8.21. The van der Waals surface area contributed by atoms with Gasteiger partial charge in [-0.1, -0.05) is 34.6 Å². The van der Waals surface area contributed by atoms with Crippen LogP contribution in [0.15, 0.2) is 0 Å². The molecule has 0 saturated carbocycles. The molecule has 16 heavy (non-hydrogen) atoms. The highest BCUT2D eigenvalue weighted by Crippen LogP contribution is 2.54. The van der Waals surface area contributed by atoms with Crippen molar-refractivity contribution in [2.24, 2.45) is 5.41 Å². The Kier molecular flexibility index (Phi) is 5.49. The van der Waals surface area contributed by atoms with E-state index >= 15 is 0 Å². The zero-order chi connectivity index (χ0) is 12.2. The Labute approximate surface area is 108 Å². The van der Waals surface area contributed by atoms with E-state index in [1.807, 2.05) is 23.5 Å². The normalized spacial score (nSPS) is 22.7. The minimum Gasteiger partial charge on any atom is -0.353 e. The Hall–Kier alpha value is 0.620. The molecular formula is C12H24O2S2. The van der Waals surface area contributed by atoms with Crippen molar-refractivity contribution in [1.82, 2.24) is 0 Å². The summed E-state index contributed by atoms with van der Waals surface area (Å²) in [5.41, 5.74) is 0.201. The van der Waals surface area contributed by atoms with Crippen molar-refractivity contribution < 1.29 is 9.47 Å². The van der Waals surface area contributed by atoms with Gasteiger partial charge in [-0.05, 0) is 16.9 Å². The van der Waals surface area contributed by atoms with E-state index < -0.39 is 0 Å². The molecule has 1 atom stereocenters. The van der Waals surface area contributed by atoms with Crippen molar-refractivity contribution in [1.29, 1.82) is 0 Å². The molecule has 2 nitrogen and oxygen atoms in total. The molecule has 0 bridgehead atoms. The molecule has 0 aromatic heterocycles. The summed E-state index contributed by atoms with van der Waals surface area (Å²) in [6.45, 7) is 12.5. The smallest absolute Gasteiger partial charge is 0.147 e. The maximum absolute atomic E-state index is 5.79. The van der Waals surface area contributed by atoms with Crippen LogP contribution < -0.4 is 0 Å². The summed E-state index contributed by atoms with van der Waals surface area (Å²) in [5, 5.41) is 0. The monoisotopic (exact) mass is 264 g/mol. The van der Waals surface area contributed by atoms with Crippen LogP contribution in [0.2, 0.25) is 0 Å². The molecule has 0 radical (unpaired) electrons. The third-order valence-electron chi connectivity index (χ3n) is 2.81. The van der Waals surface area contributed by atoms with Gasteiger partial charge in [-0.25, -0.2) is 0 Å². The lowest BCUT2D eigenvalue weighted by atomic mass is 9.87. The van der Waals surface area contributed by atoms with Gasteiger partial charge in [-0.2, -0.15) is 0 Å². The van der Waals surface area contributed by atoms with Gasteiger partial charge in [0, 0.05) is 0 Å². The Balaban J connectivity index is 2.94. The molecular weight excluding hydrogens is 240 g/mol. The fraction of sp³-hybridized carbons (Fsp3) is 1.00.